The van der Waals surface area contributed by atoms with E-state index in [4.69, 9.17) is 4.42 Å². The van der Waals surface area contributed by atoms with Crippen LogP contribution in [0.2, 0.25) is 0 Å². The van der Waals surface area contributed by atoms with Crippen molar-refractivity contribution in [2.45, 2.75) is 6.92 Å². The third-order valence-electron chi connectivity index (χ3n) is 3.39. The molecule has 21 heavy (non-hydrogen) atoms. The number of benzene rings is 1. The molecule has 0 unspecified atom stereocenters. The van der Waals surface area contributed by atoms with Gasteiger partial charge in [0.15, 0.2) is 0 Å². The number of rotatable bonds is 1. The van der Waals surface area contributed by atoms with E-state index in [0.717, 1.165) is 16.5 Å². The standard InChI is InChI=1S/C16H11N3O2/c1-9-4-2-5-10(8-9)14-18-12-11-6-3-7-17-16(11)21-13(12)15(20)19-14/h2-8H,1H3,(H,18,19,20). The zero-order valence-corrected chi connectivity index (χ0v) is 11.3. The Balaban J connectivity index is 2.08. The molecule has 3 aromatic heterocycles. The van der Waals surface area contributed by atoms with Gasteiger partial charge in [0.05, 0.1) is 5.39 Å². The average molecular weight is 277 g/mol. The smallest absolute Gasteiger partial charge is 0.294 e. The van der Waals surface area contributed by atoms with E-state index in [1.807, 2.05) is 37.3 Å². The van der Waals surface area contributed by atoms with Crippen molar-refractivity contribution in [3.05, 3.63) is 58.5 Å². The Hall–Kier alpha value is -2.95. The molecule has 4 aromatic rings. The number of fused-ring (bicyclic) bond motifs is 3. The Kier molecular flexibility index (Phi) is 2.41. The molecule has 3 heterocycles. The van der Waals surface area contributed by atoms with Gasteiger partial charge in [-0.1, -0.05) is 23.8 Å². The van der Waals surface area contributed by atoms with Crippen LogP contribution in [0.5, 0.6) is 0 Å². The molecule has 4 rings (SSSR count). The summed E-state index contributed by atoms with van der Waals surface area (Å²) in [7, 11) is 0. The van der Waals surface area contributed by atoms with E-state index >= 15 is 0 Å². The lowest BCUT2D eigenvalue weighted by Crippen LogP contribution is -2.08. The molecule has 0 aliphatic heterocycles. The van der Waals surface area contributed by atoms with Gasteiger partial charge in [-0.05, 0) is 25.1 Å². The lowest BCUT2D eigenvalue weighted by molar-refractivity contribution is 0.647. The van der Waals surface area contributed by atoms with Gasteiger partial charge in [-0.15, -0.1) is 0 Å². The van der Waals surface area contributed by atoms with E-state index in [2.05, 4.69) is 15.0 Å². The van der Waals surface area contributed by atoms with Gasteiger partial charge >= 0.3 is 0 Å². The highest BCUT2D eigenvalue weighted by Gasteiger charge is 2.14. The molecular formula is C16H11N3O2. The molecule has 0 saturated carbocycles. The van der Waals surface area contributed by atoms with E-state index in [1.54, 1.807) is 12.3 Å². The van der Waals surface area contributed by atoms with Crippen molar-refractivity contribution in [1.82, 2.24) is 15.0 Å². The second kappa shape index (κ2) is 4.28. The summed E-state index contributed by atoms with van der Waals surface area (Å²) in [5.41, 5.74) is 2.85. The number of nitrogens with one attached hydrogen (secondary N) is 1. The Morgan fingerprint density at radius 1 is 1.19 bits per heavy atom. The fourth-order valence-corrected chi connectivity index (χ4v) is 2.42. The SMILES string of the molecule is Cc1cccc(-c2nc3c(oc4ncccc43)c(=O)[nH]2)c1. The molecule has 5 heteroatoms. The maximum Gasteiger partial charge on any atom is 0.294 e. The van der Waals surface area contributed by atoms with E-state index in [0.29, 0.717) is 17.1 Å². The first-order chi connectivity index (χ1) is 10.2. The van der Waals surface area contributed by atoms with Gasteiger partial charge in [0.25, 0.3) is 5.56 Å². The molecule has 0 aliphatic rings. The molecule has 0 bridgehead atoms. The quantitative estimate of drug-likeness (QED) is 0.580. The van der Waals surface area contributed by atoms with Crippen LogP contribution in [0.25, 0.3) is 33.6 Å². The fraction of sp³-hybridized carbons (Fsp3) is 0.0625. The molecule has 5 nitrogen and oxygen atoms in total. The van der Waals surface area contributed by atoms with Gasteiger partial charge in [-0.25, -0.2) is 9.97 Å². The molecule has 1 N–H and O–H groups in total. The number of H-pyrrole nitrogens is 1. The fourth-order valence-electron chi connectivity index (χ4n) is 2.42. The summed E-state index contributed by atoms with van der Waals surface area (Å²) in [6, 6.07) is 11.5. The first-order valence-electron chi connectivity index (χ1n) is 6.57. The normalized spacial score (nSPS) is 11.3. The molecule has 0 spiro atoms. The Labute approximate surface area is 119 Å². The van der Waals surface area contributed by atoms with Crippen LogP contribution in [-0.2, 0) is 0 Å². The number of aryl methyl sites for hydroxylation is 1. The van der Waals surface area contributed by atoms with Crippen LogP contribution in [0.15, 0.2) is 51.8 Å². The lowest BCUT2D eigenvalue weighted by atomic mass is 10.1. The minimum absolute atomic E-state index is 0.208. The van der Waals surface area contributed by atoms with Crippen molar-refractivity contribution >= 4 is 22.2 Å². The van der Waals surface area contributed by atoms with Crippen LogP contribution in [-0.4, -0.2) is 15.0 Å². The molecule has 102 valence electrons. The minimum Gasteiger partial charge on any atom is -0.430 e. The highest BCUT2D eigenvalue weighted by atomic mass is 16.3. The number of aromatic amines is 1. The maximum atomic E-state index is 12.2. The zero-order valence-electron chi connectivity index (χ0n) is 11.3. The molecule has 0 fully saturated rings. The number of nitrogens with zero attached hydrogens (tertiary/aromatic N) is 2. The highest BCUT2D eigenvalue weighted by Crippen LogP contribution is 2.25. The van der Waals surface area contributed by atoms with Crippen LogP contribution in [0.4, 0.5) is 0 Å². The molecule has 0 atom stereocenters. The Bertz CT molecular complexity index is 1030. The van der Waals surface area contributed by atoms with Crippen molar-refractivity contribution < 1.29 is 4.42 Å². The summed E-state index contributed by atoms with van der Waals surface area (Å²) in [6.07, 6.45) is 1.63. The van der Waals surface area contributed by atoms with Crippen molar-refractivity contribution in [1.29, 1.82) is 0 Å². The van der Waals surface area contributed by atoms with Gasteiger partial charge in [0, 0.05) is 11.8 Å². The van der Waals surface area contributed by atoms with Crippen LogP contribution in [0.1, 0.15) is 5.56 Å². The summed E-state index contributed by atoms with van der Waals surface area (Å²) < 4.78 is 5.48. The number of aromatic nitrogens is 3. The third-order valence-corrected chi connectivity index (χ3v) is 3.39. The van der Waals surface area contributed by atoms with Crippen molar-refractivity contribution in [3.8, 4) is 11.4 Å². The van der Waals surface area contributed by atoms with Crippen LogP contribution < -0.4 is 5.56 Å². The van der Waals surface area contributed by atoms with E-state index in [1.165, 1.54) is 0 Å². The minimum atomic E-state index is -0.297. The van der Waals surface area contributed by atoms with Crippen LogP contribution in [0, 0.1) is 6.92 Å². The topological polar surface area (TPSA) is 71.8 Å². The van der Waals surface area contributed by atoms with Crippen LogP contribution >= 0.6 is 0 Å². The van der Waals surface area contributed by atoms with Crippen LogP contribution in [0.3, 0.4) is 0 Å². The predicted molar refractivity (Wildman–Crippen MR) is 80.1 cm³/mol. The number of hydrogen-bond acceptors (Lipinski definition) is 4. The number of pyridine rings is 1. The monoisotopic (exact) mass is 277 g/mol. The Morgan fingerprint density at radius 2 is 2.10 bits per heavy atom. The summed E-state index contributed by atoms with van der Waals surface area (Å²) in [4.78, 5) is 23.6. The summed E-state index contributed by atoms with van der Waals surface area (Å²) in [5, 5.41) is 0.743. The summed E-state index contributed by atoms with van der Waals surface area (Å²) in [5.74, 6) is 0.530. The molecule has 0 aliphatic carbocycles. The first kappa shape index (κ1) is 11.8. The molecule has 0 saturated heterocycles. The maximum absolute atomic E-state index is 12.2. The van der Waals surface area contributed by atoms with Gasteiger partial charge in [0.2, 0.25) is 11.3 Å². The van der Waals surface area contributed by atoms with E-state index < -0.39 is 0 Å². The second-order valence-electron chi connectivity index (χ2n) is 4.92. The number of hydrogen-bond donors (Lipinski definition) is 1. The molecular weight excluding hydrogens is 266 g/mol. The lowest BCUT2D eigenvalue weighted by Gasteiger charge is -2.01. The largest absolute Gasteiger partial charge is 0.430 e. The Morgan fingerprint density at radius 3 is 2.95 bits per heavy atom. The molecule has 0 radical (unpaired) electrons. The molecule has 0 amide bonds. The van der Waals surface area contributed by atoms with Gasteiger partial charge < -0.3 is 9.40 Å². The molecule has 1 aromatic carbocycles. The van der Waals surface area contributed by atoms with Crippen molar-refractivity contribution in [2.75, 3.05) is 0 Å². The van der Waals surface area contributed by atoms with Crippen molar-refractivity contribution in [3.63, 3.8) is 0 Å². The van der Waals surface area contributed by atoms with Gasteiger partial charge in [-0.2, -0.15) is 0 Å². The van der Waals surface area contributed by atoms with Gasteiger partial charge in [-0.3, -0.25) is 4.79 Å². The van der Waals surface area contributed by atoms with Crippen molar-refractivity contribution in [2.24, 2.45) is 0 Å². The third kappa shape index (κ3) is 1.82. The number of furan rings is 1. The first-order valence-corrected chi connectivity index (χ1v) is 6.57. The zero-order chi connectivity index (χ0) is 14.4. The van der Waals surface area contributed by atoms with E-state index in [-0.39, 0.29) is 11.1 Å². The summed E-state index contributed by atoms with van der Waals surface area (Å²) in [6.45, 7) is 2.00. The van der Waals surface area contributed by atoms with Gasteiger partial charge in [0.1, 0.15) is 11.3 Å². The highest BCUT2D eigenvalue weighted by molar-refractivity contribution is 6.00. The van der Waals surface area contributed by atoms with E-state index in [9.17, 15) is 4.79 Å². The average Bonchev–Trinajstić information content (AvgIpc) is 2.87. The summed E-state index contributed by atoms with van der Waals surface area (Å²) >= 11 is 0. The second-order valence-corrected chi connectivity index (χ2v) is 4.92. The predicted octanol–water partition coefficient (Wildman–Crippen LogP) is 3.04.